The first-order chi connectivity index (χ1) is 10.2. The number of hydrogen-bond acceptors (Lipinski definition) is 5. The first-order valence-corrected chi connectivity index (χ1v) is 6.64. The third kappa shape index (κ3) is 2.17. The largest absolute Gasteiger partial charge is 0.383 e. The average Bonchev–Trinajstić information content (AvgIpc) is 2.53. The number of anilines is 1. The molecule has 0 fully saturated rings. The van der Waals surface area contributed by atoms with Crippen LogP contribution in [0.1, 0.15) is 18.2 Å². The third-order valence-corrected chi connectivity index (χ3v) is 3.42. The highest BCUT2D eigenvalue weighted by Gasteiger charge is 2.15. The van der Waals surface area contributed by atoms with Crippen LogP contribution in [0.2, 0.25) is 0 Å². The monoisotopic (exact) mass is 275 g/mol. The maximum absolute atomic E-state index is 9.38. The van der Waals surface area contributed by atoms with E-state index in [4.69, 9.17) is 5.73 Å². The third-order valence-electron chi connectivity index (χ3n) is 3.42. The maximum atomic E-state index is 9.38. The van der Waals surface area contributed by atoms with Crippen molar-refractivity contribution < 1.29 is 0 Å². The number of nitrogens with two attached hydrogens (primary N) is 1. The first-order valence-electron chi connectivity index (χ1n) is 6.64. The molecule has 102 valence electrons. The molecule has 0 aliphatic rings. The van der Waals surface area contributed by atoms with Crippen molar-refractivity contribution in [2.24, 2.45) is 0 Å². The van der Waals surface area contributed by atoms with E-state index in [1.165, 1.54) is 6.33 Å². The van der Waals surface area contributed by atoms with Gasteiger partial charge in [0.15, 0.2) is 5.69 Å². The topological polar surface area (TPSA) is 88.5 Å². The van der Waals surface area contributed by atoms with Gasteiger partial charge in [0.2, 0.25) is 0 Å². The van der Waals surface area contributed by atoms with Crippen molar-refractivity contribution in [1.82, 2.24) is 15.0 Å². The van der Waals surface area contributed by atoms with Crippen molar-refractivity contribution >= 4 is 16.7 Å². The molecule has 0 amide bonds. The van der Waals surface area contributed by atoms with Crippen molar-refractivity contribution in [3.63, 3.8) is 0 Å². The Kier molecular flexibility index (Phi) is 3.20. The van der Waals surface area contributed by atoms with Gasteiger partial charge < -0.3 is 5.73 Å². The maximum Gasteiger partial charge on any atom is 0.150 e. The molecule has 3 rings (SSSR count). The van der Waals surface area contributed by atoms with Gasteiger partial charge >= 0.3 is 0 Å². The minimum Gasteiger partial charge on any atom is -0.383 e. The zero-order chi connectivity index (χ0) is 14.8. The number of fused-ring (bicyclic) bond motifs is 1. The summed E-state index contributed by atoms with van der Waals surface area (Å²) in [6.45, 7) is 1.99. The Morgan fingerprint density at radius 3 is 2.81 bits per heavy atom. The average molecular weight is 275 g/mol. The molecule has 0 saturated carbocycles. The SMILES string of the molecule is CCc1c(N)ncnc1-c1cc2ccccc2nc1C#N. The Bertz CT molecular complexity index is 864. The van der Waals surface area contributed by atoms with Crippen LogP contribution in [0.3, 0.4) is 0 Å². The highest BCUT2D eigenvalue weighted by molar-refractivity contribution is 5.86. The fraction of sp³-hybridized carbons (Fsp3) is 0.125. The van der Waals surface area contributed by atoms with E-state index in [0.29, 0.717) is 29.2 Å². The summed E-state index contributed by atoms with van der Waals surface area (Å²) in [5, 5.41) is 10.3. The Labute approximate surface area is 122 Å². The van der Waals surface area contributed by atoms with Crippen molar-refractivity contribution in [1.29, 1.82) is 5.26 Å². The molecule has 0 saturated heterocycles. The number of hydrogen-bond donors (Lipinski definition) is 1. The second kappa shape index (κ2) is 5.17. The smallest absolute Gasteiger partial charge is 0.150 e. The predicted octanol–water partition coefficient (Wildman–Crippen LogP) is 2.71. The van der Waals surface area contributed by atoms with E-state index in [0.717, 1.165) is 16.5 Å². The van der Waals surface area contributed by atoms with Crippen molar-refractivity contribution in [3.05, 3.63) is 47.9 Å². The number of pyridine rings is 1. The van der Waals surface area contributed by atoms with Gasteiger partial charge in [-0.15, -0.1) is 0 Å². The van der Waals surface area contributed by atoms with Gasteiger partial charge in [0.1, 0.15) is 18.2 Å². The molecule has 0 aliphatic heterocycles. The molecule has 21 heavy (non-hydrogen) atoms. The molecule has 0 bridgehead atoms. The summed E-state index contributed by atoms with van der Waals surface area (Å²) in [7, 11) is 0. The molecule has 2 aromatic heterocycles. The van der Waals surface area contributed by atoms with Crippen LogP contribution >= 0.6 is 0 Å². The highest BCUT2D eigenvalue weighted by Crippen LogP contribution is 2.29. The van der Waals surface area contributed by atoms with Gasteiger partial charge in [-0.3, -0.25) is 0 Å². The number of rotatable bonds is 2. The van der Waals surface area contributed by atoms with Crippen molar-refractivity contribution in [2.45, 2.75) is 13.3 Å². The molecule has 1 aromatic carbocycles. The second-order valence-corrected chi connectivity index (χ2v) is 4.63. The summed E-state index contributed by atoms with van der Waals surface area (Å²) in [5.41, 5.74) is 9.27. The summed E-state index contributed by atoms with van der Waals surface area (Å²) < 4.78 is 0. The zero-order valence-corrected chi connectivity index (χ0v) is 11.5. The Hall–Kier alpha value is -3.00. The van der Waals surface area contributed by atoms with E-state index in [-0.39, 0.29) is 0 Å². The molecule has 3 aromatic rings. The van der Waals surface area contributed by atoms with Crippen LogP contribution in [-0.2, 0) is 6.42 Å². The number of nitrogen functional groups attached to an aromatic ring is 1. The Morgan fingerprint density at radius 2 is 2.05 bits per heavy atom. The minimum atomic E-state index is 0.349. The molecular weight excluding hydrogens is 262 g/mol. The number of nitrogens with zero attached hydrogens (tertiary/aromatic N) is 4. The lowest BCUT2D eigenvalue weighted by molar-refractivity contribution is 1.06. The fourth-order valence-electron chi connectivity index (χ4n) is 2.39. The minimum absolute atomic E-state index is 0.349. The normalized spacial score (nSPS) is 10.5. The number of nitriles is 1. The standard InChI is InChI=1S/C16H13N5/c1-2-11-15(19-9-20-16(11)18)12-7-10-5-3-4-6-13(10)21-14(12)8-17/h3-7,9H,2H2,1H3,(H2,18,19,20). The van der Waals surface area contributed by atoms with Crippen LogP contribution < -0.4 is 5.73 Å². The molecule has 0 spiro atoms. The molecule has 5 heteroatoms. The van der Waals surface area contributed by atoms with E-state index in [1.807, 2.05) is 37.3 Å². The van der Waals surface area contributed by atoms with Crippen LogP contribution in [-0.4, -0.2) is 15.0 Å². The van der Waals surface area contributed by atoms with E-state index in [1.54, 1.807) is 0 Å². The summed E-state index contributed by atoms with van der Waals surface area (Å²) in [5.74, 6) is 0.444. The molecule has 5 nitrogen and oxygen atoms in total. The van der Waals surface area contributed by atoms with Gasteiger partial charge in [-0.1, -0.05) is 25.1 Å². The molecule has 0 radical (unpaired) electrons. The van der Waals surface area contributed by atoms with Crippen LogP contribution in [0.25, 0.3) is 22.2 Å². The molecule has 2 N–H and O–H groups in total. The van der Waals surface area contributed by atoms with Crippen LogP contribution in [0.4, 0.5) is 5.82 Å². The zero-order valence-electron chi connectivity index (χ0n) is 11.5. The fourth-order valence-corrected chi connectivity index (χ4v) is 2.39. The van der Waals surface area contributed by atoms with Gasteiger partial charge in [-0.2, -0.15) is 5.26 Å². The lowest BCUT2D eigenvalue weighted by atomic mass is 10.0. The van der Waals surface area contributed by atoms with E-state index in [9.17, 15) is 5.26 Å². The molecule has 0 atom stereocenters. The Balaban J connectivity index is 2.35. The van der Waals surface area contributed by atoms with Gasteiger partial charge in [0, 0.05) is 16.5 Å². The lowest BCUT2D eigenvalue weighted by Crippen LogP contribution is -2.03. The highest BCUT2D eigenvalue weighted by atomic mass is 14.9. The van der Waals surface area contributed by atoms with Gasteiger partial charge in [-0.25, -0.2) is 15.0 Å². The van der Waals surface area contributed by atoms with Crippen LogP contribution in [0.15, 0.2) is 36.7 Å². The van der Waals surface area contributed by atoms with Gasteiger partial charge in [0.05, 0.1) is 11.2 Å². The van der Waals surface area contributed by atoms with Crippen molar-refractivity contribution in [2.75, 3.05) is 5.73 Å². The summed E-state index contributed by atoms with van der Waals surface area (Å²) >= 11 is 0. The molecular formula is C16H13N5. The molecule has 2 heterocycles. The summed E-state index contributed by atoms with van der Waals surface area (Å²) in [6.07, 6.45) is 2.11. The second-order valence-electron chi connectivity index (χ2n) is 4.63. The quantitative estimate of drug-likeness (QED) is 0.776. The summed E-state index contributed by atoms with van der Waals surface area (Å²) in [4.78, 5) is 12.7. The summed E-state index contributed by atoms with van der Waals surface area (Å²) in [6, 6.07) is 11.8. The molecule has 0 unspecified atom stereocenters. The van der Waals surface area contributed by atoms with E-state index < -0.39 is 0 Å². The van der Waals surface area contributed by atoms with Gasteiger partial charge in [0.25, 0.3) is 0 Å². The van der Waals surface area contributed by atoms with Crippen LogP contribution in [0.5, 0.6) is 0 Å². The number of para-hydroxylation sites is 1. The first kappa shape index (κ1) is 13.0. The van der Waals surface area contributed by atoms with Crippen molar-refractivity contribution in [3.8, 4) is 17.3 Å². The number of aromatic nitrogens is 3. The van der Waals surface area contributed by atoms with Gasteiger partial charge in [-0.05, 0) is 18.6 Å². The van der Waals surface area contributed by atoms with E-state index in [2.05, 4.69) is 21.0 Å². The van der Waals surface area contributed by atoms with Crippen LogP contribution in [0, 0.1) is 11.3 Å². The molecule has 0 aliphatic carbocycles. The van der Waals surface area contributed by atoms with E-state index >= 15 is 0 Å². The predicted molar refractivity (Wildman–Crippen MR) is 81.3 cm³/mol. The lowest BCUT2D eigenvalue weighted by Gasteiger charge is -2.10. The number of benzene rings is 1. The Morgan fingerprint density at radius 1 is 1.24 bits per heavy atom.